The first-order valence-corrected chi connectivity index (χ1v) is 11.5. The van der Waals surface area contributed by atoms with Gasteiger partial charge < -0.3 is 10.1 Å². The maximum absolute atomic E-state index is 12.6. The minimum absolute atomic E-state index is 0.129. The zero-order chi connectivity index (χ0) is 21.6. The van der Waals surface area contributed by atoms with E-state index in [0.29, 0.717) is 12.3 Å². The third kappa shape index (κ3) is 5.59. The molecule has 0 radical (unpaired) electrons. The molecule has 0 fully saturated rings. The van der Waals surface area contributed by atoms with Crippen molar-refractivity contribution in [3.63, 3.8) is 0 Å². The molecule has 30 heavy (non-hydrogen) atoms. The summed E-state index contributed by atoms with van der Waals surface area (Å²) < 4.78 is 31.3. The Balaban J connectivity index is 1.41. The first kappa shape index (κ1) is 22.3. The predicted molar refractivity (Wildman–Crippen MR) is 116 cm³/mol. The molecular weight excluding hydrogens is 402 g/mol. The summed E-state index contributed by atoms with van der Waals surface area (Å²) in [5.41, 5.74) is 2.79. The number of sulfonamides is 1. The van der Waals surface area contributed by atoms with Gasteiger partial charge in [-0.15, -0.1) is 0 Å². The van der Waals surface area contributed by atoms with Crippen molar-refractivity contribution >= 4 is 15.9 Å². The fourth-order valence-electron chi connectivity index (χ4n) is 3.55. The third-order valence-electron chi connectivity index (χ3n) is 5.32. The van der Waals surface area contributed by atoms with Gasteiger partial charge in [0.05, 0.1) is 18.6 Å². The number of carbonyl (C=O) groups is 1. The Labute approximate surface area is 178 Å². The fraction of sp³-hybridized carbons (Fsp3) is 0.409. The molecule has 0 saturated carbocycles. The average Bonchev–Trinajstić information content (AvgIpc) is 2.76. The van der Waals surface area contributed by atoms with Crippen LogP contribution in [0, 0.1) is 0 Å². The molecule has 1 aliphatic heterocycles. The van der Waals surface area contributed by atoms with Gasteiger partial charge >= 0.3 is 0 Å². The second-order valence-electron chi connectivity index (χ2n) is 7.43. The Morgan fingerprint density at radius 2 is 1.83 bits per heavy atom. The molecule has 1 N–H and O–H groups in total. The Kier molecular flexibility index (Phi) is 7.47. The van der Waals surface area contributed by atoms with Gasteiger partial charge in [-0.2, -0.15) is 4.31 Å². The van der Waals surface area contributed by atoms with E-state index in [9.17, 15) is 13.2 Å². The lowest BCUT2D eigenvalue weighted by Crippen LogP contribution is -2.39. The molecule has 1 aliphatic rings. The number of amides is 1. The van der Waals surface area contributed by atoms with Crippen LogP contribution in [0.1, 0.15) is 17.5 Å². The molecule has 8 heteroatoms. The van der Waals surface area contributed by atoms with Crippen LogP contribution in [0.4, 0.5) is 0 Å². The molecule has 0 bridgehead atoms. The number of ether oxygens (including phenoxy) is 1. The first-order chi connectivity index (χ1) is 14.4. The van der Waals surface area contributed by atoms with Crippen LogP contribution in [-0.2, 0) is 27.8 Å². The maximum atomic E-state index is 12.6. The van der Waals surface area contributed by atoms with Crippen molar-refractivity contribution in [1.29, 1.82) is 0 Å². The van der Waals surface area contributed by atoms with Gasteiger partial charge in [0, 0.05) is 33.2 Å². The van der Waals surface area contributed by atoms with E-state index >= 15 is 0 Å². The van der Waals surface area contributed by atoms with Crippen molar-refractivity contribution in [2.24, 2.45) is 0 Å². The van der Waals surface area contributed by atoms with Gasteiger partial charge in [-0.1, -0.05) is 24.3 Å². The lowest BCUT2D eigenvalue weighted by atomic mass is 10.00. The van der Waals surface area contributed by atoms with E-state index in [1.807, 2.05) is 0 Å². The topological polar surface area (TPSA) is 79.0 Å². The third-order valence-corrected chi connectivity index (χ3v) is 7.13. The largest absolute Gasteiger partial charge is 0.497 e. The number of methoxy groups -OCH3 is 1. The number of carbonyl (C=O) groups excluding carboxylic acids is 1. The van der Waals surface area contributed by atoms with Gasteiger partial charge in [0.15, 0.2) is 0 Å². The van der Waals surface area contributed by atoms with E-state index in [1.165, 1.54) is 37.4 Å². The van der Waals surface area contributed by atoms with Crippen molar-refractivity contribution in [3.8, 4) is 5.75 Å². The smallest absolute Gasteiger partial charge is 0.243 e. The summed E-state index contributed by atoms with van der Waals surface area (Å²) >= 11 is 0. The molecular formula is C22H29N3O4S. The molecule has 1 amide bonds. The molecule has 2 aromatic carbocycles. The second kappa shape index (κ2) is 10.1. The summed E-state index contributed by atoms with van der Waals surface area (Å²) in [6.07, 6.45) is 1.87. The Hall–Kier alpha value is -2.42. The molecule has 7 nitrogen and oxygen atoms in total. The van der Waals surface area contributed by atoms with Crippen LogP contribution in [-0.4, -0.2) is 63.9 Å². The molecule has 162 valence electrons. The van der Waals surface area contributed by atoms with E-state index in [0.717, 1.165) is 36.8 Å². The number of fused-ring (bicyclic) bond motifs is 1. The van der Waals surface area contributed by atoms with Gasteiger partial charge in [-0.05, 0) is 48.2 Å². The number of likely N-dealkylation sites (N-methyl/N-ethyl adjacent to an activating group) is 1. The highest BCUT2D eigenvalue weighted by Gasteiger charge is 2.23. The summed E-state index contributed by atoms with van der Waals surface area (Å²) in [4.78, 5) is 14.7. The summed E-state index contributed by atoms with van der Waals surface area (Å²) in [7, 11) is -0.801. The highest BCUT2D eigenvalue weighted by molar-refractivity contribution is 7.89. The highest BCUT2D eigenvalue weighted by atomic mass is 32.2. The first-order valence-electron chi connectivity index (χ1n) is 10.1. The monoisotopic (exact) mass is 431 g/mol. The Morgan fingerprint density at radius 1 is 1.13 bits per heavy atom. The lowest BCUT2D eigenvalue weighted by Gasteiger charge is -2.28. The Morgan fingerprint density at radius 3 is 2.53 bits per heavy atom. The zero-order valence-electron chi connectivity index (χ0n) is 17.5. The number of nitrogens with one attached hydrogen (secondary N) is 1. The molecule has 0 unspecified atom stereocenters. The molecule has 0 aliphatic carbocycles. The van der Waals surface area contributed by atoms with Crippen LogP contribution in [0.25, 0.3) is 0 Å². The van der Waals surface area contributed by atoms with Crippen molar-refractivity contribution < 1.29 is 17.9 Å². The summed E-state index contributed by atoms with van der Waals surface area (Å²) in [6.45, 7) is 3.16. The van der Waals surface area contributed by atoms with Gasteiger partial charge in [0.2, 0.25) is 15.9 Å². The van der Waals surface area contributed by atoms with Crippen LogP contribution < -0.4 is 10.1 Å². The number of rotatable bonds is 9. The maximum Gasteiger partial charge on any atom is 0.243 e. The van der Waals surface area contributed by atoms with E-state index in [2.05, 4.69) is 34.5 Å². The number of hydrogen-bond acceptors (Lipinski definition) is 5. The predicted octanol–water partition coefficient (Wildman–Crippen LogP) is 1.88. The second-order valence-corrected chi connectivity index (χ2v) is 9.48. The fourth-order valence-corrected chi connectivity index (χ4v) is 4.67. The Bertz CT molecular complexity index is 961. The SMILES string of the molecule is COc1ccc(S(=O)(=O)N(C)CC(=O)NCCCN2CCc3ccccc3C2)cc1. The van der Waals surface area contributed by atoms with E-state index in [4.69, 9.17) is 4.74 Å². The number of nitrogens with zero attached hydrogens (tertiary/aromatic N) is 2. The van der Waals surface area contributed by atoms with Crippen molar-refractivity contribution in [1.82, 2.24) is 14.5 Å². The summed E-state index contributed by atoms with van der Waals surface area (Å²) in [5.74, 6) is 0.269. The van der Waals surface area contributed by atoms with Crippen LogP contribution in [0.15, 0.2) is 53.4 Å². The van der Waals surface area contributed by atoms with Gasteiger partial charge in [0.25, 0.3) is 0 Å². The standard InChI is InChI=1S/C22H29N3O4S/c1-24(30(27,28)21-10-8-20(29-2)9-11-21)17-22(26)23-13-5-14-25-15-12-18-6-3-4-7-19(18)16-25/h3-4,6-11H,5,12-17H2,1-2H3,(H,23,26). The minimum atomic E-state index is -3.73. The van der Waals surface area contributed by atoms with Crippen molar-refractivity contribution in [3.05, 3.63) is 59.7 Å². The number of hydrogen-bond donors (Lipinski definition) is 1. The van der Waals surface area contributed by atoms with Crippen molar-refractivity contribution in [2.75, 3.05) is 40.3 Å². The minimum Gasteiger partial charge on any atom is -0.497 e. The van der Waals surface area contributed by atoms with Crippen LogP contribution in [0.5, 0.6) is 5.75 Å². The van der Waals surface area contributed by atoms with Crippen LogP contribution >= 0.6 is 0 Å². The van der Waals surface area contributed by atoms with Gasteiger partial charge in [0.1, 0.15) is 5.75 Å². The quantitative estimate of drug-likeness (QED) is 0.614. The normalized spacial score (nSPS) is 14.4. The summed E-state index contributed by atoms with van der Waals surface area (Å²) in [5, 5.41) is 2.82. The van der Waals surface area contributed by atoms with E-state index in [-0.39, 0.29) is 17.3 Å². The van der Waals surface area contributed by atoms with Gasteiger partial charge in [-0.25, -0.2) is 8.42 Å². The van der Waals surface area contributed by atoms with Gasteiger partial charge in [-0.3, -0.25) is 9.69 Å². The van der Waals surface area contributed by atoms with Crippen LogP contribution in [0.3, 0.4) is 0 Å². The molecule has 0 atom stereocenters. The lowest BCUT2D eigenvalue weighted by molar-refractivity contribution is -0.121. The average molecular weight is 432 g/mol. The highest BCUT2D eigenvalue weighted by Crippen LogP contribution is 2.19. The van der Waals surface area contributed by atoms with Crippen LogP contribution in [0.2, 0.25) is 0 Å². The number of benzene rings is 2. The van der Waals surface area contributed by atoms with E-state index < -0.39 is 10.0 Å². The molecule has 0 spiro atoms. The van der Waals surface area contributed by atoms with E-state index in [1.54, 1.807) is 12.1 Å². The van der Waals surface area contributed by atoms with Crippen molar-refractivity contribution in [2.45, 2.75) is 24.3 Å². The molecule has 0 aromatic heterocycles. The molecule has 3 rings (SSSR count). The molecule has 1 heterocycles. The zero-order valence-corrected chi connectivity index (χ0v) is 18.3. The molecule has 2 aromatic rings. The molecule has 0 saturated heterocycles. The summed E-state index contributed by atoms with van der Waals surface area (Å²) in [6, 6.07) is 14.6.